The van der Waals surface area contributed by atoms with Crippen molar-refractivity contribution in [3.63, 3.8) is 0 Å². The van der Waals surface area contributed by atoms with Crippen molar-refractivity contribution in [1.29, 1.82) is 0 Å². The second-order valence-corrected chi connectivity index (χ2v) is 3.92. The van der Waals surface area contributed by atoms with Gasteiger partial charge in [0.25, 0.3) is 0 Å². The molecule has 0 aliphatic heterocycles. The average Bonchev–Trinajstić information content (AvgIpc) is 2.28. The highest BCUT2D eigenvalue weighted by Crippen LogP contribution is 2.17. The van der Waals surface area contributed by atoms with Gasteiger partial charge in [0.15, 0.2) is 0 Å². The monoisotopic (exact) mass is 227 g/mol. The second-order valence-electron chi connectivity index (χ2n) is 3.92. The summed E-state index contributed by atoms with van der Waals surface area (Å²) in [7, 11) is 0. The molecule has 2 aromatic heterocycles. The minimum Gasteiger partial charge on any atom is -0.411 e. The zero-order chi connectivity index (χ0) is 12.3. The van der Waals surface area contributed by atoms with Crippen LogP contribution in [0.15, 0.2) is 35.6 Å². The third-order valence-corrected chi connectivity index (χ3v) is 2.36. The Balaban J connectivity index is 2.51. The first-order valence-corrected chi connectivity index (χ1v) is 5.28. The molecule has 0 spiro atoms. The molecule has 4 heteroatoms. The predicted molar refractivity (Wildman–Crippen MR) is 66.3 cm³/mol. The average molecular weight is 227 g/mol. The molecule has 0 aromatic carbocycles. The van der Waals surface area contributed by atoms with Gasteiger partial charge in [-0.05, 0) is 49.2 Å². The highest BCUT2D eigenvalue weighted by molar-refractivity contribution is 5.78. The summed E-state index contributed by atoms with van der Waals surface area (Å²) >= 11 is 0. The molecule has 4 nitrogen and oxygen atoms in total. The first kappa shape index (κ1) is 11.3. The van der Waals surface area contributed by atoms with Gasteiger partial charge in [-0.15, -0.1) is 0 Å². The van der Waals surface area contributed by atoms with Crippen LogP contribution < -0.4 is 0 Å². The fourth-order valence-corrected chi connectivity index (χ4v) is 1.63. The molecule has 1 N–H and O–H groups in total. The fraction of sp³-hybridized carbons (Fsp3) is 0.154. The van der Waals surface area contributed by atoms with E-state index in [0.717, 1.165) is 22.5 Å². The summed E-state index contributed by atoms with van der Waals surface area (Å²) in [5.41, 5.74) is 4.40. The molecule has 0 saturated carbocycles. The van der Waals surface area contributed by atoms with Gasteiger partial charge in [-0.3, -0.25) is 4.98 Å². The van der Waals surface area contributed by atoms with Gasteiger partial charge < -0.3 is 5.21 Å². The van der Waals surface area contributed by atoms with E-state index in [-0.39, 0.29) is 0 Å². The molecule has 0 aliphatic rings. The van der Waals surface area contributed by atoms with E-state index in [0.29, 0.717) is 5.69 Å². The van der Waals surface area contributed by atoms with Crippen LogP contribution in [0.4, 0.5) is 0 Å². The van der Waals surface area contributed by atoms with E-state index in [1.807, 2.05) is 38.1 Å². The Labute approximate surface area is 99.7 Å². The maximum absolute atomic E-state index is 8.53. The Kier molecular flexibility index (Phi) is 3.14. The molecule has 86 valence electrons. The van der Waals surface area contributed by atoms with Crippen LogP contribution in [0, 0.1) is 13.8 Å². The van der Waals surface area contributed by atoms with Gasteiger partial charge in [-0.2, -0.15) is 0 Å². The Hall–Kier alpha value is -2.23. The number of nitrogens with zero attached hydrogens (tertiary/aromatic N) is 3. The summed E-state index contributed by atoms with van der Waals surface area (Å²) in [6, 6.07) is 7.71. The van der Waals surface area contributed by atoms with Crippen LogP contribution in [0.25, 0.3) is 11.4 Å². The molecule has 0 amide bonds. The van der Waals surface area contributed by atoms with E-state index in [1.54, 1.807) is 6.20 Å². The van der Waals surface area contributed by atoms with E-state index in [2.05, 4.69) is 15.1 Å². The fourth-order valence-electron chi connectivity index (χ4n) is 1.63. The van der Waals surface area contributed by atoms with Crippen LogP contribution in [0.5, 0.6) is 0 Å². The van der Waals surface area contributed by atoms with E-state index in [1.165, 1.54) is 6.21 Å². The van der Waals surface area contributed by atoms with Crippen LogP contribution in [0.1, 0.15) is 16.8 Å². The summed E-state index contributed by atoms with van der Waals surface area (Å²) in [6.07, 6.45) is 3.07. The molecule has 2 aromatic rings. The van der Waals surface area contributed by atoms with Crippen LogP contribution in [-0.4, -0.2) is 21.4 Å². The Morgan fingerprint density at radius 1 is 1.12 bits per heavy atom. The van der Waals surface area contributed by atoms with Crippen LogP contribution in [0.3, 0.4) is 0 Å². The maximum Gasteiger partial charge on any atom is 0.0918 e. The van der Waals surface area contributed by atoms with E-state index in [4.69, 9.17) is 5.21 Å². The Bertz CT molecular complexity index is 564. The summed E-state index contributed by atoms with van der Waals surface area (Å²) in [6.45, 7) is 3.98. The SMILES string of the molecule is Cc1ccnc(-c2cc(C)cc(/C=N\O)n2)c1. The number of aryl methyl sites for hydroxylation is 2. The zero-order valence-electron chi connectivity index (χ0n) is 9.75. The standard InChI is InChI=1S/C13H13N3O/c1-9-3-4-14-12(6-9)13-7-10(2)5-11(16-13)8-15-17/h3-8,17H,1-2H3/b15-8-. The molecule has 0 bridgehead atoms. The molecule has 0 saturated heterocycles. The molecule has 2 heterocycles. The molecule has 0 fully saturated rings. The van der Waals surface area contributed by atoms with Crippen molar-refractivity contribution in [3.05, 3.63) is 47.3 Å². The number of hydrogen-bond acceptors (Lipinski definition) is 4. The first-order chi connectivity index (χ1) is 8.19. The topological polar surface area (TPSA) is 58.4 Å². The van der Waals surface area contributed by atoms with E-state index >= 15 is 0 Å². The molecule has 17 heavy (non-hydrogen) atoms. The highest BCUT2D eigenvalue weighted by Gasteiger charge is 2.03. The maximum atomic E-state index is 8.53. The number of pyridine rings is 2. The van der Waals surface area contributed by atoms with Crippen molar-refractivity contribution < 1.29 is 5.21 Å². The largest absolute Gasteiger partial charge is 0.411 e. The van der Waals surface area contributed by atoms with Crippen LogP contribution in [0.2, 0.25) is 0 Å². The Morgan fingerprint density at radius 2 is 1.88 bits per heavy atom. The van der Waals surface area contributed by atoms with Gasteiger partial charge in [0.05, 0.1) is 23.3 Å². The molecule has 0 unspecified atom stereocenters. The van der Waals surface area contributed by atoms with Crippen LogP contribution >= 0.6 is 0 Å². The third-order valence-electron chi connectivity index (χ3n) is 2.36. The number of hydrogen-bond donors (Lipinski definition) is 1. The van der Waals surface area contributed by atoms with Crippen molar-refractivity contribution in [2.45, 2.75) is 13.8 Å². The summed E-state index contributed by atoms with van der Waals surface area (Å²) in [4.78, 5) is 8.65. The summed E-state index contributed by atoms with van der Waals surface area (Å²) < 4.78 is 0. The van der Waals surface area contributed by atoms with Gasteiger partial charge in [-0.1, -0.05) is 5.16 Å². The lowest BCUT2D eigenvalue weighted by Crippen LogP contribution is -1.94. The van der Waals surface area contributed by atoms with Crippen molar-refractivity contribution in [2.75, 3.05) is 0 Å². The lowest BCUT2D eigenvalue weighted by molar-refractivity contribution is 0.321. The van der Waals surface area contributed by atoms with Crippen molar-refractivity contribution in [3.8, 4) is 11.4 Å². The molecule has 2 rings (SSSR count). The first-order valence-electron chi connectivity index (χ1n) is 5.28. The van der Waals surface area contributed by atoms with E-state index in [9.17, 15) is 0 Å². The zero-order valence-corrected chi connectivity index (χ0v) is 9.75. The third kappa shape index (κ3) is 2.66. The predicted octanol–water partition coefficient (Wildman–Crippen LogP) is 2.57. The highest BCUT2D eigenvalue weighted by atomic mass is 16.4. The van der Waals surface area contributed by atoms with Crippen molar-refractivity contribution in [2.24, 2.45) is 5.16 Å². The van der Waals surface area contributed by atoms with Gasteiger partial charge >= 0.3 is 0 Å². The summed E-state index contributed by atoms with van der Waals surface area (Å²) in [5, 5.41) is 11.5. The van der Waals surface area contributed by atoms with E-state index < -0.39 is 0 Å². The molecular formula is C13H13N3O. The minimum atomic E-state index is 0.616. The minimum absolute atomic E-state index is 0.616. The quantitative estimate of drug-likeness (QED) is 0.487. The normalized spacial score (nSPS) is 10.9. The lowest BCUT2D eigenvalue weighted by Gasteiger charge is -2.04. The molecular weight excluding hydrogens is 214 g/mol. The van der Waals surface area contributed by atoms with Crippen molar-refractivity contribution >= 4 is 6.21 Å². The molecule has 0 aliphatic carbocycles. The van der Waals surface area contributed by atoms with Gasteiger partial charge in [0.2, 0.25) is 0 Å². The molecule has 0 atom stereocenters. The Morgan fingerprint density at radius 3 is 2.59 bits per heavy atom. The van der Waals surface area contributed by atoms with Gasteiger partial charge in [0, 0.05) is 6.20 Å². The number of rotatable bonds is 2. The van der Waals surface area contributed by atoms with Crippen molar-refractivity contribution in [1.82, 2.24) is 9.97 Å². The van der Waals surface area contributed by atoms with Gasteiger partial charge in [0.1, 0.15) is 0 Å². The number of aromatic nitrogens is 2. The van der Waals surface area contributed by atoms with Gasteiger partial charge in [-0.25, -0.2) is 4.98 Å². The summed E-state index contributed by atoms with van der Waals surface area (Å²) in [5.74, 6) is 0. The lowest BCUT2D eigenvalue weighted by atomic mass is 10.1. The second kappa shape index (κ2) is 4.74. The van der Waals surface area contributed by atoms with Crippen LogP contribution in [-0.2, 0) is 0 Å². The number of oxime groups is 1. The smallest absolute Gasteiger partial charge is 0.0918 e. The molecule has 0 radical (unpaired) electrons.